The normalized spacial score (nSPS) is 12.4. The maximum atomic E-state index is 11.5. The van der Waals surface area contributed by atoms with Crippen molar-refractivity contribution < 1.29 is 19.4 Å². The molecule has 1 aromatic rings. The molecule has 0 aliphatic heterocycles. The Morgan fingerprint density at radius 3 is 2.57 bits per heavy atom. The molecule has 21 heavy (non-hydrogen) atoms. The van der Waals surface area contributed by atoms with E-state index in [2.05, 4.69) is 10.6 Å². The van der Waals surface area contributed by atoms with E-state index in [1.807, 2.05) is 27.7 Å². The maximum absolute atomic E-state index is 11.5. The van der Waals surface area contributed by atoms with Gasteiger partial charge in [-0.05, 0) is 39.8 Å². The van der Waals surface area contributed by atoms with Crippen LogP contribution in [0.4, 0.5) is 10.5 Å². The van der Waals surface area contributed by atoms with Crippen molar-refractivity contribution in [2.24, 2.45) is 0 Å². The van der Waals surface area contributed by atoms with E-state index in [0.29, 0.717) is 12.3 Å². The largest absolute Gasteiger partial charge is 0.504 e. The van der Waals surface area contributed by atoms with Gasteiger partial charge in [0.2, 0.25) is 0 Å². The topological polar surface area (TPSA) is 79.8 Å². The number of benzene rings is 1. The molecule has 0 radical (unpaired) electrons. The van der Waals surface area contributed by atoms with E-state index in [-0.39, 0.29) is 11.8 Å². The predicted molar refractivity (Wildman–Crippen MR) is 82.0 cm³/mol. The Balaban J connectivity index is 2.45. The molecule has 3 N–H and O–H groups in total. The summed E-state index contributed by atoms with van der Waals surface area (Å²) in [6.07, 6.45) is -0.450. The van der Waals surface area contributed by atoms with Crippen molar-refractivity contribution in [2.45, 2.75) is 39.3 Å². The van der Waals surface area contributed by atoms with Crippen molar-refractivity contribution in [3.63, 3.8) is 0 Å². The number of rotatable bonds is 5. The van der Waals surface area contributed by atoms with Crippen LogP contribution in [0, 0.1) is 0 Å². The average molecular weight is 296 g/mol. The highest BCUT2D eigenvalue weighted by molar-refractivity contribution is 5.67. The van der Waals surface area contributed by atoms with Crippen molar-refractivity contribution in [1.82, 2.24) is 5.32 Å². The fourth-order valence-electron chi connectivity index (χ4n) is 1.67. The molecular formula is C15H24N2O4. The molecule has 0 saturated heterocycles. The van der Waals surface area contributed by atoms with Gasteiger partial charge in [0.05, 0.1) is 7.11 Å². The van der Waals surface area contributed by atoms with Crippen LogP contribution in [0.3, 0.4) is 0 Å². The molecule has 1 atom stereocenters. The Bertz CT molecular complexity index is 483. The lowest BCUT2D eigenvalue weighted by atomic mass is 10.2. The Morgan fingerprint density at radius 1 is 1.38 bits per heavy atom. The fourth-order valence-corrected chi connectivity index (χ4v) is 1.67. The third kappa shape index (κ3) is 6.25. The second-order valence-electron chi connectivity index (χ2n) is 5.81. The lowest BCUT2D eigenvalue weighted by Gasteiger charge is -2.21. The van der Waals surface area contributed by atoms with Crippen molar-refractivity contribution in [1.29, 1.82) is 0 Å². The van der Waals surface area contributed by atoms with Crippen LogP contribution in [0.5, 0.6) is 11.5 Å². The second-order valence-corrected chi connectivity index (χ2v) is 5.81. The molecular weight excluding hydrogens is 272 g/mol. The number of carbonyl (C=O) groups excluding carboxylic acids is 1. The molecule has 6 heteroatoms. The number of alkyl carbamates (subject to hydrolysis) is 1. The minimum absolute atomic E-state index is 0.0229. The number of phenols is 1. The molecule has 1 unspecified atom stereocenters. The van der Waals surface area contributed by atoms with E-state index < -0.39 is 11.7 Å². The molecule has 0 spiro atoms. The number of phenolic OH excluding ortho intramolecular Hbond substituents is 1. The van der Waals surface area contributed by atoms with E-state index in [4.69, 9.17) is 9.47 Å². The Labute approximate surface area is 125 Å². The summed E-state index contributed by atoms with van der Waals surface area (Å²) in [6, 6.07) is 5.02. The summed E-state index contributed by atoms with van der Waals surface area (Å²) in [5.41, 5.74) is 0.231. The lowest BCUT2D eigenvalue weighted by molar-refractivity contribution is 0.0526. The second kappa shape index (κ2) is 7.06. The zero-order valence-electron chi connectivity index (χ0n) is 13.2. The Morgan fingerprint density at radius 2 is 2.05 bits per heavy atom. The van der Waals surface area contributed by atoms with Gasteiger partial charge in [-0.15, -0.1) is 0 Å². The van der Waals surface area contributed by atoms with Gasteiger partial charge in [-0.25, -0.2) is 4.79 Å². The number of methoxy groups -OCH3 is 1. The van der Waals surface area contributed by atoms with E-state index in [9.17, 15) is 9.90 Å². The fraction of sp³-hybridized carbons (Fsp3) is 0.533. The summed E-state index contributed by atoms with van der Waals surface area (Å²) in [5, 5.41) is 15.5. The average Bonchev–Trinajstić information content (AvgIpc) is 2.34. The van der Waals surface area contributed by atoms with Crippen LogP contribution in [-0.4, -0.2) is 36.5 Å². The van der Waals surface area contributed by atoms with Gasteiger partial charge in [0.1, 0.15) is 5.60 Å². The first-order chi connectivity index (χ1) is 9.71. The molecule has 0 bridgehead atoms. The van der Waals surface area contributed by atoms with Gasteiger partial charge in [0.25, 0.3) is 0 Å². The number of anilines is 1. The van der Waals surface area contributed by atoms with E-state index >= 15 is 0 Å². The van der Waals surface area contributed by atoms with Crippen LogP contribution < -0.4 is 15.4 Å². The minimum Gasteiger partial charge on any atom is -0.504 e. The van der Waals surface area contributed by atoms with Crippen LogP contribution in [0.25, 0.3) is 0 Å². The number of ether oxygens (including phenoxy) is 2. The van der Waals surface area contributed by atoms with Crippen molar-refractivity contribution in [3.05, 3.63) is 18.2 Å². The number of amides is 1. The summed E-state index contributed by atoms with van der Waals surface area (Å²) in [4.78, 5) is 11.5. The summed E-state index contributed by atoms with van der Waals surface area (Å²) < 4.78 is 10.1. The monoisotopic (exact) mass is 296 g/mol. The summed E-state index contributed by atoms with van der Waals surface area (Å²) in [7, 11) is 1.50. The van der Waals surface area contributed by atoms with Crippen LogP contribution >= 0.6 is 0 Å². The predicted octanol–water partition coefficient (Wildman–Crippen LogP) is 2.73. The first kappa shape index (κ1) is 16.9. The van der Waals surface area contributed by atoms with Crippen LogP contribution in [0.1, 0.15) is 27.7 Å². The number of aromatic hydroxyl groups is 1. The molecule has 1 aromatic carbocycles. The summed E-state index contributed by atoms with van der Waals surface area (Å²) in [5.74, 6) is 0.481. The lowest BCUT2D eigenvalue weighted by Crippen LogP contribution is -2.38. The highest BCUT2D eigenvalue weighted by Crippen LogP contribution is 2.28. The number of carbonyl (C=O) groups is 1. The van der Waals surface area contributed by atoms with Crippen LogP contribution in [0.2, 0.25) is 0 Å². The number of hydrogen-bond acceptors (Lipinski definition) is 5. The Kier molecular flexibility index (Phi) is 5.69. The summed E-state index contributed by atoms with van der Waals surface area (Å²) >= 11 is 0. The van der Waals surface area contributed by atoms with E-state index in [1.54, 1.807) is 18.2 Å². The number of hydrogen-bond donors (Lipinski definition) is 3. The zero-order chi connectivity index (χ0) is 16.0. The smallest absolute Gasteiger partial charge is 0.407 e. The molecule has 6 nitrogen and oxygen atoms in total. The minimum atomic E-state index is -0.511. The first-order valence-electron chi connectivity index (χ1n) is 6.81. The van der Waals surface area contributed by atoms with Crippen LogP contribution in [0.15, 0.2) is 18.2 Å². The van der Waals surface area contributed by atoms with Gasteiger partial charge in [0, 0.05) is 24.3 Å². The highest BCUT2D eigenvalue weighted by Gasteiger charge is 2.16. The van der Waals surface area contributed by atoms with Gasteiger partial charge < -0.3 is 25.2 Å². The molecule has 1 rings (SSSR count). The molecule has 0 aromatic heterocycles. The summed E-state index contributed by atoms with van der Waals surface area (Å²) in [6.45, 7) is 7.76. The SMILES string of the molecule is COc1ccc(NC(C)CNC(=O)OC(C)(C)C)cc1O. The van der Waals surface area contributed by atoms with E-state index in [0.717, 1.165) is 5.69 Å². The molecule has 0 aliphatic rings. The third-order valence-corrected chi connectivity index (χ3v) is 2.54. The maximum Gasteiger partial charge on any atom is 0.407 e. The van der Waals surface area contributed by atoms with Crippen LogP contribution in [-0.2, 0) is 4.74 Å². The molecule has 0 aliphatic carbocycles. The van der Waals surface area contributed by atoms with Gasteiger partial charge >= 0.3 is 6.09 Å². The molecule has 118 valence electrons. The number of nitrogens with one attached hydrogen (secondary N) is 2. The third-order valence-electron chi connectivity index (χ3n) is 2.54. The van der Waals surface area contributed by atoms with Crippen molar-refractivity contribution in [3.8, 4) is 11.5 Å². The van der Waals surface area contributed by atoms with Gasteiger partial charge in [-0.2, -0.15) is 0 Å². The zero-order valence-corrected chi connectivity index (χ0v) is 13.2. The quantitative estimate of drug-likeness (QED) is 0.778. The van der Waals surface area contributed by atoms with E-state index in [1.165, 1.54) is 7.11 Å². The standard InChI is InChI=1S/C15H24N2O4/c1-10(9-16-14(19)21-15(2,3)4)17-11-6-7-13(20-5)12(18)8-11/h6-8,10,17-18H,9H2,1-5H3,(H,16,19). The van der Waals surface area contributed by atoms with Crippen molar-refractivity contribution in [2.75, 3.05) is 19.0 Å². The van der Waals surface area contributed by atoms with Crippen molar-refractivity contribution >= 4 is 11.8 Å². The van der Waals surface area contributed by atoms with Gasteiger partial charge in [0.15, 0.2) is 11.5 Å². The van der Waals surface area contributed by atoms with Gasteiger partial charge in [-0.1, -0.05) is 0 Å². The molecule has 0 fully saturated rings. The molecule has 1 amide bonds. The Hall–Kier alpha value is -2.11. The van der Waals surface area contributed by atoms with Gasteiger partial charge in [-0.3, -0.25) is 0 Å². The highest BCUT2D eigenvalue weighted by atomic mass is 16.6. The molecule has 0 saturated carbocycles. The first-order valence-corrected chi connectivity index (χ1v) is 6.81. The molecule has 0 heterocycles.